The normalized spacial score (nSPS) is 9.30. The van der Waals surface area contributed by atoms with Crippen molar-refractivity contribution in [1.29, 1.82) is 0 Å². The lowest BCUT2D eigenvalue weighted by molar-refractivity contribution is 0.111. The van der Waals surface area contributed by atoms with Crippen molar-refractivity contribution in [2.75, 3.05) is 0 Å². The van der Waals surface area contributed by atoms with Crippen molar-refractivity contribution in [2.45, 2.75) is 5.33 Å². The van der Waals surface area contributed by atoms with Gasteiger partial charge < -0.3 is 0 Å². The summed E-state index contributed by atoms with van der Waals surface area (Å²) >= 11 is 3.28. The quantitative estimate of drug-likeness (QED) is 0.538. The first kappa shape index (κ1) is 7.41. The molecule has 0 bridgehead atoms. The first-order valence-corrected chi connectivity index (χ1v) is 3.95. The van der Waals surface area contributed by atoms with Crippen molar-refractivity contribution in [1.82, 2.24) is 4.98 Å². The van der Waals surface area contributed by atoms with Crippen LogP contribution in [-0.4, -0.2) is 11.3 Å². The van der Waals surface area contributed by atoms with Crippen LogP contribution in [-0.2, 0) is 5.33 Å². The van der Waals surface area contributed by atoms with Crippen molar-refractivity contribution in [3.8, 4) is 0 Å². The van der Waals surface area contributed by atoms with E-state index in [1.54, 1.807) is 12.3 Å². The van der Waals surface area contributed by atoms with Gasteiger partial charge in [-0.15, -0.1) is 0 Å². The van der Waals surface area contributed by atoms with Gasteiger partial charge in [0.1, 0.15) is 5.69 Å². The smallest absolute Gasteiger partial charge is 0.168 e. The van der Waals surface area contributed by atoms with Crippen LogP contribution in [0.1, 0.15) is 16.1 Å². The monoisotopic (exact) mass is 199 g/mol. The summed E-state index contributed by atoms with van der Waals surface area (Å²) in [5, 5.41) is 0.760. The zero-order chi connectivity index (χ0) is 7.40. The van der Waals surface area contributed by atoms with Crippen molar-refractivity contribution < 1.29 is 4.79 Å². The van der Waals surface area contributed by atoms with Gasteiger partial charge in [0.2, 0.25) is 0 Å². The highest BCUT2D eigenvalue weighted by Crippen LogP contribution is 2.04. The molecule has 0 fully saturated rings. The van der Waals surface area contributed by atoms with Crippen LogP contribution in [0.15, 0.2) is 18.3 Å². The maximum absolute atomic E-state index is 10.2. The van der Waals surface area contributed by atoms with Crippen LogP contribution in [0.2, 0.25) is 0 Å². The number of aromatic nitrogens is 1. The lowest BCUT2D eigenvalue weighted by atomic mass is 10.2. The molecule has 0 atom stereocenters. The molecular weight excluding hydrogens is 194 g/mol. The predicted molar refractivity (Wildman–Crippen MR) is 42.3 cm³/mol. The maximum atomic E-state index is 10.2. The Kier molecular flexibility index (Phi) is 2.57. The minimum absolute atomic E-state index is 0.483. The number of hydrogen-bond donors (Lipinski definition) is 0. The standard InChI is InChI=1S/C7H6BrNO/c8-4-6-1-2-9-7(3-6)5-10/h1-3,5H,4H2. The summed E-state index contributed by atoms with van der Waals surface area (Å²) in [6.45, 7) is 0. The van der Waals surface area contributed by atoms with Crippen molar-refractivity contribution in [3.05, 3.63) is 29.6 Å². The second-order valence-corrected chi connectivity index (χ2v) is 2.40. The molecule has 10 heavy (non-hydrogen) atoms. The molecule has 52 valence electrons. The highest BCUT2D eigenvalue weighted by molar-refractivity contribution is 9.08. The summed E-state index contributed by atoms with van der Waals surface area (Å²) in [5.41, 5.74) is 1.55. The zero-order valence-electron chi connectivity index (χ0n) is 5.25. The predicted octanol–water partition coefficient (Wildman–Crippen LogP) is 1.79. The molecule has 1 aromatic heterocycles. The second kappa shape index (κ2) is 3.46. The molecule has 0 unspecified atom stereocenters. The van der Waals surface area contributed by atoms with Gasteiger partial charge in [0.05, 0.1) is 0 Å². The van der Waals surface area contributed by atoms with E-state index in [0.29, 0.717) is 5.69 Å². The van der Waals surface area contributed by atoms with Crippen LogP contribution in [0.5, 0.6) is 0 Å². The molecule has 1 rings (SSSR count). The Morgan fingerprint density at radius 2 is 2.50 bits per heavy atom. The number of carbonyl (C=O) groups excluding carboxylic acids is 1. The van der Waals surface area contributed by atoms with Crippen molar-refractivity contribution >= 4 is 22.2 Å². The third kappa shape index (κ3) is 1.64. The van der Waals surface area contributed by atoms with E-state index in [2.05, 4.69) is 20.9 Å². The molecule has 0 aromatic carbocycles. The Labute approximate surface area is 67.4 Å². The third-order valence-electron chi connectivity index (χ3n) is 1.12. The van der Waals surface area contributed by atoms with Gasteiger partial charge in [0.15, 0.2) is 6.29 Å². The molecule has 0 aliphatic heterocycles. The Balaban J connectivity index is 2.98. The van der Waals surface area contributed by atoms with Gasteiger partial charge >= 0.3 is 0 Å². The van der Waals surface area contributed by atoms with Crippen LogP contribution < -0.4 is 0 Å². The van der Waals surface area contributed by atoms with Gasteiger partial charge in [-0.3, -0.25) is 9.78 Å². The highest BCUT2D eigenvalue weighted by atomic mass is 79.9. The number of pyridine rings is 1. The molecule has 0 saturated carbocycles. The summed E-state index contributed by atoms with van der Waals surface area (Å²) < 4.78 is 0. The molecule has 0 radical (unpaired) electrons. The van der Waals surface area contributed by atoms with Gasteiger partial charge in [-0.2, -0.15) is 0 Å². The molecule has 2 nitrogen and oxygen atoms in total. The fourth-order valence-electron chi connectivity index (χ4n) is 0.642. The molecule has 0 amide bonds. The number of aldehydes is 1. The SMILES string of the molecule is O=Cc1cc(CBr)ccn1. The van der Waals surface area contributed by atoms with E-state index in [9.17, 15) is 4.79 Å². The summed E-state index contributed by atoms with van der Waals surface area (Å²) in [6.07, 6.45) is 2.37. The largest absolute Gasteiger partial charge is 0.296 e. The minimum Gasteiger partial charge on any atom is -0.296 e. The van der Waals surface area contributed by atoms with Crippen LogP contribution in [0, 0.1) is 0 Å². The fourth-order valence-corrected chi connectivity index (χ4v) is 0.991. The first-order valence-electron chi connectivity index (χ1n) is 2.83. The van der Waals surface area contributed by atoms with Crippen LogP contribution >= 0.6 is 15.9 Å². The van der Waals surface area contributed by atoms with Gasteiger partial charge in [-0.1, -0.05) is 15.9 Å². The van der Waals surface area contributed by atoms with E-state index in [4.69, 9.17) is 0 Å². The second-order valence-electron chi connectivity index (χ2n) is 1.84. The molecule has 0 spiro atoms. The molecule has 0 aliphatic rings. The number of rotatable bonds is 2. The number of alkyl halides is 1. The fraction of sp³-hybridized carbons (Fsp3) is 0.143. The van der Waals surface area contributed by atoms with Gasteiger partial charge in [0, 0.05) is 11.5 Å². The van der Waals surface area contributed by atoms with E-state index in [1.165, 1.54) is 0 Å². The Morgan fingerprint density at radius 1 is 1.70 bits per heavy atom. The summed E-state index contributed by atoms with van der Waals surface area (Å²) in [5.74, 6) is 0. The highest BCUT2D eigenvalue weighted by Gasteiger charge is 1.92. The van der Waals surface area contributed by atoms with E-state index in [0.717, 1.165) is 17.2 Å². The minimum atomic E-state index is 0.483. The zero-order valence-corrected chi connectivity index (χ0v) is 6.84. The topological polar surface area (TPSA) is 30.0 Å². The lowest BCUT2D eigenvalue weighted by Gasteiger charge is -1.92. The first-order chi connectivity index (χ1) is 4.86. The maximum Gasteiger partial charge on any atom is 0.168 e. The number of nitrogens with zero attached hydrogens (tertiary/aromatic N) is 1. The molecule has 1 aromatic rings. The molecule has 1 heterocycles. The number of hydrogen-bond acceptors (Lipinski definition) is 2. The molecule has 0 saturated heterocycles. The van der Waals surface area contributed by atoms with Crippen LogP contribution in [0.3, 0.4) is 0 Å². The van der Waals surface area contributed by atoms with E-state index in [-0.39, 0.29) is 0 Å². The van der Waals surface area contributed by atoms with E-state index < -0.39 is 0 Å². The van der Waals surface area contributed by atoms with Crippen LogP contribution in [0.25, 0.3) is 0 Å². The van der Waals surface area contributed by atoms with Crippen LogP contribution in [0.4, 0.5) is 0 Å². The summed E-state index contributed by atoms with van der Waals surface area (Å²) in [7, 11) is 0. The summed E-state index contributed by atoms with van der Waals surface area (Å²) in [6, 6.07) is 3.61. The third-order valence-corrected chi connectivity index (χ3v) is 1.77. The van der Waals surface area contributed by atoms with Gasteiger partial charge in [-0.05, 0) is 17.7 Å². The molecular formula is C7H6BrNO. The average Bonchev–Trinajstić information content (AvgIpc) is 2.05. The Bertz CT molecular complexity index is 237. The van der Waals surface area contributed by atoms with Crippen molar-refractivity contribution in [2.24, 2.45) is 0 Å². The molecule has 0 aliphatic carbocycles. The lowest BCUT2D eigenvalue weighted by Crippen LogP contribution is -1.87. The molecule has 3 heteroatoms. The number of carbonyl (C=O) groups is 1. The molecule has 0 N–H and O–H groups in total. The Hall–Kier alpha value is -0.700. The van der Waals surface area contributed by atoms with Gasteiger partial charge in [0.25, 0.3) is 0 Å². The van der Waals surface area contributed by atoms with Crippen molar-refractivity contribution in [3.63, 3.8) is 0 Å². The number of halogens is 1. The van der Waals surface area contributed by atoms with E-state index in [1.807, 2.05) is 6.07 Å². The van der Waals surface area contributed by atoms with Gasteiger partial charge in [-0.25, -0.2) is 0 Å². The average molecular weight is 200 g/mol. The van der Waals surface area contributed by atoms with E-state index >= 15 is 0 Å². The summed E-state index contributed by atoms with van der Waals surface area (Å²) in [4.78, 5) is 14.0. The Morgan fingerprint density at radius 3 is 3.10 bits per heavy atom.